The second-order valence-corrected chi connectivity index (χ2v) is 6.17. The Bertz CT molecular complexity index is 645. The first-order valence-electron chi connectivity index (χ1n) is 9.09. The van der Waals surface area contributed by atoms with Gasteiger partial charge in [0.05, 0.1) is 12.8 Å². The molecule has 0 amide bonds. The van der Waals surface area contributed by atoms with Crippen molar-refractivity contribution < 1.29 is 4.42 Å². The number of nitrogens with one attached hydrogen (secondary N) is 2. The Kier molecular flexibility index (Phi) is 6.31. The molecule has 0 saturated carbocycles. The molecule has 1 aliphatic heterocycles. The maximum atomic E-state index is 5.35. The lowest BCUT2D eigenvalue weighted by atomic mass is 10.3. The van der Waals surface area contributed by atoms with E-state index in [1.165, 1.54) is 12.8 Å². The molecule has 6 nitrogen and oxygen atoms in total. The predicted octanol–water partition coefficient (Wildman–Crippen LogP) is 2.57. The smallest absolute Gasteiger partial charge is 0.191 e. The fourth-order valence-electron chi connectivity index (χ4n) is 2.91. The number of furan rings is 1. The van der Waals surface area contributed by atoms with Crippen LogP contribution in [0, 0.1) is 0 Å². The molecule has 2 aromatic heterocycles. The fourth-order valence-corrected chi connectivity index (χ4v) is 2.91. The molecule has 0 spiro atoms. The molecule has 134 valence electrons. The molecule has 0 unspecified atom stereocenters. The molecule has 1 fully saturated rings. The zero-order valence-electron chi connectivity index (χ0n) is 14.9. The van der Waals surface area contributed by atoms with Crippen LogP contribution in [0.5, 0.6) is 0 Å². The number of aliphatic imine (C=N–C) groups is 1. The molecule has 1 saturated heterocycles. The number of hydrogen-bond donors (Lipinski definition) is 2. The van der Waals surface area contributed by atoms with Crippen LogP contribution < -0.4 is 15.5 Å². The maximum absolute atomic E-state index is 5.35. The number of rotatable bonds is 7. The lowest BCUT2D eigenvalue weighted by Gasteiger charge is -2.16. The molecular formula is C19H27N5O. The first kappa shape index (κ1) is 17.3. The summed E-state index contributed by atoms with van der Waals surface area (Å²) in [6, 6.07) is 8.12. The van der Waals surface area contributed by atoms with Crippen molar-refractivity contribution in [3.8, 4) is 0 Å². The van der Waals surface area contributed by atoms with Crippen molar-refractivity contribution in [1.29, 1.82) is 0 Å². The third kappa shape index (κ3) is 5.24. The van der Waals surface area contributed by atoms with Gasteiger partial charge in [0, 0.05) is 38.8 Å². The molecule has 6 heteroatoms. The molecule has 2 N–H and O–H groups in total. The summed E-state index contributed by atoms with van der Waals surface area (Å²) in [5.41, 5.74) is 1.12. The molecule has 0 bridgehead atoms. The molecule has 25 heavy (non-hydrogen) atoms. The summed E-state index contributed by atoms with van der Waals surface area (Å²) in [7, 11) is 0. The number of aromatic nitrogens is 1. The van der Waals surface area contributed by atoms with Crippen LogP contribution in [0.2, 0.25) is 0 Å². The van der Waals surface area contributed by atoms with Crippen LogP contribution in [-0.4, -0.2) is 37.1 Å². The Balaban J connectivity index is 1.51. The minimum Gasteiger partial charge on any atom is -0.469 e. The highest BCUT2D eigenvalue weighted by molar-refractivity contribution is 5.79. The minimum absolute atomic E-state index is 0.614. The van der Waals surface area contributed by atoms with Crippen LogP contribution in [0.1, 0.15) is 31.1 Å². The third-order valence-corrected chi connectivity index (χ3v) is 4.25. The largest absolute Gasteiger partial charge is 0.469 e. The monoisotopic (exact) mass is 341 g/mol. The first-order chi connectivity index (χ1) is 12.3. The molecule has 2 aromatic rings. The SMILES string of the molecule is CCNC(=NCc1ccc(N2CCCC2)nc1)NCCc1ccco1. The molecule has 0 aromatic carbocycles. The van der Waals surface area contributed by atoms with E-state index in [4.69, 9.17) is 4.42 Å². The number of nitrogens with zero attached hydrogens (tertiary/aromatic N) is 3. The number of guanidine groups is 1. The van der Waals surface area contributed by atoms with Gasteiger partial charge in [-0.2, -0.15) is 0 Å². The highest BCUT2D eigenvalue weighted by Crippen LogP contribution is 2.17. The van der Waals surface area contributed by atoms with Gasteiger partial charge in [-0.1, -0.05) is 6.07 Å². The Morgan fingerprint density at radius 3 is 2.80 bits per heavy atom. The van der Waals surface area contributed by atoms with E-state index in [1.54, 1.807) is 6.26 Å². The van der Waals surface area contributed by atoms with Gasteiger partial charge in [0.1, 0.15) is 11.6 Å². The van der Waals surface area contributed by atoms with E-state index in [0.717, 1.165) is 55.7 Å². The second kappa shape index (κ2) is 9.11. The second-order valence-electron chi connectivity index (χ2n) is 6.17. The van der Waals surface area contributed by atoms with Crippen molar-refractivity contribution in [3.63, 3.8) is 0 Å². The predicted molar refractivity (Wildman–Crippen MR) is 101 cm³/mol. The van der Waals surface area contributed by atoms with Crippen molar-refractivity contribution in [1.82, 2.24) is 15.6 Å². The van der Waals surface area contributed by atoms with Crippen molar-refractivity contribution in [2.24, 2.45) is 4.99 Å². The quantitative estimate of drug-likeness (QED) is 0.598. The van der Waals surface area contributed by atoms with E-state index in [-0.39, 0.29) is 0 Å². The lowest BCUT2D eigenvalue weighted by molar-refractivity contribution is 0.507. The topological polar surface area (TPSA) is 65.7 Å². The molecule has 1 aliphatic rings. The van der Waals surface area contributed by atoms with Gasteiger partial charge in [-0.15, -0.1) is 0 Å². The normalized spacial score (nSPS) is 14.8. The number of pyridine rings is 1. The van der Waals surface area contributed by atoms with Gasteiger partial charge in [-0.25, -0.2) is 9.98 Å². The summed E-state index contributed by atoms with van der Waals surface area (Å²) < 4.78 is 5.35. The van der Waals surface area contributed by atoms with Crippen molar-refractivity contribution in [3.05, 3.63) is 48.0 Å². The summed E-state index contributed by atoms with van der Waals surface area (Å²) in [5, 5.41) is 6.60. The lowest BCUT2D eigenvalue weighted by Crippen LogP contribution is -2.38. The molecule has 0 atom stereocenters. The molecule has 3 heterocycles. The number of anilines is 1. The van der Waals surface area contributed by atoms with E-state index < -0.39 is 0 Å². The summed E-state index contributed by atoms with van der Waals surface area (Å²) in [5.74, 6) is 2.87. The van der Waals surface area contributed by atoms with Gasteiger partial charge in [-0.3, -0.25) is 0 Å². The third-order valence-electron chi connectivity index (χ3n) is 4.25. The average Bonchev–Trinajstić information content (AvgIpc) is 3.34. The zero-order chi connectivity index (χ0) is 17.3. The summed E-state index contributed by atoms with van der Waals surface area (Å²) >= 11 is 0. The van der Waals surface area contributed by atoms with Crippen molar-refractivity contribution >= 4 is 11.8 Å². The Labute approximate surface area is 149 Å². The zero-order valence-corrected chi connectivity index (χ0v) is 14.9. The minimum atomic E-state index is 0.614. The van der Waals surface area contributed by atoms with E-state index in [2.05, 4.69) is 44.6 Å². The van der Waals surface area contributed by atoms with E-state index in [9.17, 15) is 0 Å². The van der Waals surface area contributed by atoms with Crippen LogP contribution >= 0.6 is 0 Å². The Morgan fingerprint density at radius 1 is 1.24 bits per heavy atom. The molecule has 0 radical (unpaired) electrons. The van der Waals surface area contributed by atoms with E-state index in [1.807, 2.05) is 18.3 Å². The first-order valence-corrected chi connectivity index (χ1v) is 9.09. The average molecular weight is 341 g/mol. The van der Waals surface area contributed by atoms with Gasteiger partial charge in [0.25, 0.3) is 0 Å². The number of hydrogen-bond acceptors (Lipinski definition) is 4. The van der Waals surface area contributed by atoms with Crippen LogP contribution in [0.3, 0.4) is 0 Å². The standard InChI is InChI=1S/C19H27N5O/c1-2-20-19(21-10-9-17-6-5-13-25-17)23-15-16-7-8-18(22-14-16)24-11-3-4-12-24/h5-8,13-14H,2-4,9-12,15H2,1H3,(H2,20,21,23). The van der Waals surface area contributed by atoms with Crippen LogP contribution in [-0.2, 0) is 13.0 Å². The van der Waals surface area contributed by atoms with Gasteiger partial charge < -0.3 is 20.0 Å². The summed E-state index contributed by atoms with van der Waals surface area (Å²) in [4.78, 5) is 11.6. The molecule has 3 rings (SSSR count). The molecular weight excluding hydrogens is 314 g/mol. The Hall–Kier alpha value is -2.50. The van der Waals surface area contributed by atoms with Crippen LogP contribution in [0.15, 0.2) is 46.1 Å². The maximum Gasteiger partial charge on any atom is 0.191 e. The fraction of sp³-hybridized carbons (Fsp3) is 0.474. The van der Waals surface area contributed by atoms with Crippen molar-refractivity contribution in [2.45, 2.75) is 32.7 Å². The van der Waals surface area contributed by atoms with Gasteiger partial charge in [0.2, 0.25) is 0 Å². The van der Waals surface area contributed by atoms with Crippen molar-refractivity contribution in [2.75, 3.05) is 31.1 Å². The Morgan fingerprint density at radius 2 is 2.12 bits per heavy atom. The summed E-state index contributed by atoms with van der Waals surface area (Å²) in [6.45, 7) is 6.53. The summed E-state index contributed by atoms with van der Waals surface area (Å²) in [6.07, 6.45) is 7.01. The highest BCUT2D eigenvalue weighted by atomic mass is 16.3. The highest BCUT2D eigenvalue weighted by Gasteiger charge is 2.12. The molecule has 0 aliphatic carbocycles. The van der Waals surface area contributed by atoms with Crippen LogP contribution in [0.25, 0.3) is 0 Å². The van der Waals surface area contributed by atoms with E-state index >= 15 is 0 Å². The van der Waals surface area contributed by atoms with Gasteiger partial charge >= 0.3 is 0 Å². The van der Waals surface area contributed by atoms with Gasteiger partial charge in [-0.05, 0) is 43.5 Å². The van der Waals surface area contributed by atoms with Gasteiger partial charge in [0.15, 0.2) is 5.96 Å². The van der Waals surface area contributed by atoms with E-state index in [0.29, 0.717) is 6.54 Å². The van der Waals surface area contributed by atoms with Crippen LogP contribution in [0.4, 0.5) is 5.82 Å².